The molecule has 0 saturated heterocycles. The van der Waals surface area contributed by atoms with E-state index in [0.29, 0.717) is 17.0 Å². The third-order valence-electron chi connectivity index (χ3n) is 4.38. The normalized spacial score (nSPS) is 12.2. The van der Waals surface area contributed by atoms with E-state index >= 15 is 0 Å². The maximum atomic E-state index is 12.7. The molecule has 0 saturated carbocycles. The van der Waals surface area contributed by atoms with E-state index in [9.17, 15) is 13.2 Å². The SMILES string of the molecule is CCC(NC(=O)c1ccc(S(=O)(=O)Nc2ccccc2OC)cc1)c1cccs1. The molecule has 1 unspecified atom stereocenters. The van der Waals surface area contributed by atoms with Crippen LogP contribution in [0.4, 0.5) is 5.69 Å². The van der Waals surface area contributed by atoms with E-state index in [4.69, 9.17) is 4.74 Å². The number of thiophene rings is 1. The summed E-state index contributed by atoms with van der Waals surface area (Å²) in [5.74, 6) is 0.179. The van der Waals surface area contributed by atoms with Crippen molar-refractivity contribution >= 4 is 33.0 Å². The molecular weight excluding hydrogens is 408 g/mol. The molecule has 1 atom stereocenters. The average Bonchev–Trinajstić information content (AvgIpc) is 3.26. The second-order valence-corrected chi connectivity index (χ2v) is 8.94. The number of hydrogen-bond acceptors (Lipinski definition) is 5. The lowest BCUT2D eigenvalue weighted by atomic mass is 10.1. The van der Waals surface area contributed by atoms with E-state index in [1.807, 2.05) is 24.4 Å². The fraction of sp³-hybridized carbons (Fsp3) is 0.190. The van der Waals surface area contributed by atoms with Crippen LogP contribution in [0.5, 0.6) is 5.75 Å². The summed E-state index contributed by atoms with van der Waals surface area (Å²) in [6.45, 7) is 2.00. The van der Waals surface area contributed by atoms with Crippen molar-refractivity contribution in [2.24, 2.45) is 0 Å². The van der Waals surface area contributed by atoms with Gasteiger partial charge in [0, 0.05) is 10.4 Å². The van der Waals surface area contributed by atoms with Crippen LogP contribution in [0.25, 0.3) is 0 Å². The minimum atomic E-state index is -3.81. The van der Waals surface area contributed by atoms with Crippen molar-refractivity contribution in [2.45, 2.75) is 24.3 Å². The van der Waals surface area contributed by atoms with Crippen LogP contribution in [0.15, 0.2) is 70.9 Å². The highest BCUT2D eigenvalue weighted by molar-refractivity contribution is 7.92. The van der Waals surface area contributed by atoms with Crippen LogP contribution >= 0.6 is 11.3 Å². The summed E-state index contributed by atoms with van der Waals surface area (Å²) in [7, 11) is -2.34. The molecule has 1 heterocycles. The predicted octanol–water partition coefficient (Wildman–Crippen LogP) is 4.44. The Morgan fingerprint density at radius 1 is 1.07 bits per heavy atom. The van der Waals surface area contributed by atoms with Gasteiger partial charge >= 0.3 is 0 Å². The van der Waals surface area contributed by atoms with Gasteiger partial charge in [0.25, 0.3) is 15.9 Å². The first-order chi connectivity index (χ1) is 13.9. The molecule has 0 radical (unpaired) electrons. The summed E-state index contributed by atoms with van der Waals surface area (Å²) < 4.78 is 33.0. The molecule has 6 nitrogen and oxygen atoms in total. The van der Waals surface area contributed by atoms with Crippen molar-refractivity contribution in [3.8, 4) is 5.75 Å². The number of carbonyl (C=O) groups excluding carboxylic acids is 1. The third kappa shape index (κ3) is 4.96. The number of methoxy groups -OCH3 is 1. The molecule has 1 aromatic heterocycles. The first-order valence-corrected chi connectivity index (χ1v) is 11.4. The molecule has 8 heteroatoms. The van der Waals surface area contributed by atoms with E-state index in [0.717, 1.165) is 11.3 Å². The van der Waals surface area contributed by atoms with E-state index < -0.39 is 10.0 Å². The van der Waals surface area contributed by atoms with Gasteiger partial charge in [-0.3, -0.25) is 9.52 Å². The lowest BCUT2D eigenvalue weighted by molar-refractivity contribution is 0.0936. The molecule has 2 aromatic carbocycles. The van der Waals surface area contributed by atoms with Crippen molar-refractivity contribution in [1.82, 2.24) is 5.32 Å². The van der Waals surface area contributed by atoms with E-state index in [2.05, 4.69) is 10.0 Å². The number of benzene rings is 2. The molecule has 3 rings (SSSR count). The molecule has 2 N–H and O–H groups in total. The summed E-state index contributed by atoms with van der Waals surface area (Å²) in [5.41, 5.74) is 0.745. The Balaban J connectivity index is 1.74. The molecule has 0 aliphatic rings. The van der Waals surface area contributed by atoms with Crippen molar-refractivity contribution in [2.75, 3.05) is 11.8 Å². The van der Waals surface area contributed by atoms with Gasteiger partial charge in [-0.05, 0) is 54.3 Å². The van der Waals surface area contributed by atoms with Crippen molar-refractivity contribution in [3.63, 3.8) is 0 Å². The number of nitrogens with one attached hydrogen (secondary N) is 2. The highest BCUT2D eigenvalue weighted by Crippen LogP contribution is 2.26. The number of amides is 1. The van der Waals surface area contributed by atoms with E-state index in [-0.39, 0.29) is 16.8 Å². The van der Waals surface area contributed by atoms with Crippen LogP contribution in [0.2, 0.25) is 0 Å². The standard InChI is InChI=1S/C21H22N2O4S2/c1-3-17(20-9-6-14-28-20)22-21(24)15-10-12-16(13-11-15)29(25,26)23-18-7-4-5-8-19(18)27-2/h4-14,17,23H,3H2,1-2H3,(H,22,24). The summed E-state index contributed by atoms with van der Waals surface area (Å²) in [6.07, 6.45) is 0.765. The number of ether oxygens (including phenoxy) is 1. The average molecular weight is 431 g/mol. The number of para-hydroxylation sites is 2. The highest BCUT2D eigenvalue weighted by Gasteiger charge is 2.18. The minimum Gasteiger partial charge on any atom is -0.495 e. The number of hydrogen-bond donors (Lipinski definition) is 2. The first-order valence-electron chi connectivity index (χ1n) is 9.04. The summed E-state index contributed by atoms with van der Waals surface area (Å²) >= 11 is 1.59. The number of anilines is 1. The maximum absolute atomic E-state index is 12.7. The summed E-state index contributed by atoms with van der Waals surface area (Å²) in [5, 5.41) is 4.96. The topological polar surface area (TPSA) is 84.5 Å². The van der Waals surface area contributed by atoms with E-state index in [1.54, 1.807) is 35.6 Å². The lowest BCUT2D eigenvalue weighted by Gasteiger charge is -2.16. The number of carbonyl (C=O) groups is 1. The van der Waals surface area contributed by atoms with Gasteiger partial charge in [-0.25, -0.2) is 8.42 Å². The monoisotopic (exact) mass is 430 g/mol. The van der Waals surface area contributed by atoms with E-state index in [1.165, 1.54) is 31.4 Å². The van der Waals surface area contributed by atoms with Crippen LogP contribution in [0.3, 0.4) is 0 Å². The molecule has 0 aliphatic carbocycles. The molecule has 1 amide bonds. The van der Waals surface area contributed by atoms with Crippen LogP contribution in [-0.4, -0.2) is 21.4 Å². The largest absolute Gasteiger partial charge is 0.495 e. The summed E-state index contributed by atoms with van der Waals surface area (Å²) in [6, 6.07) is 16.5. The quantitative estimate of drug-likeness (QED) is 0.553. The van der Waals surface area contributed by atoms with Gasteiger partial charge in [0.2, 0.25) is 0 Å². The van der Waals surface area contributed by atoms with Gasteiger partial charge in [0.1, 0.15) is 5.75 Å². The molecule has 0 fully saturated rings. The molecule has 152 valence electrons. The van der Waals surface area contributed by atoms with Gasteiger partial charge in [0.15, 0.2) is 0 Å². The predicted molar refractivity (Wildman–Crippen MR) is 115 cm³/mol. The highest BCUT2D eigenvalue weighted by atomic mass is 32.2. The second kappa shape index (κ2) is 9.11. The number of rotatable bonds is 8. The number of sulfonamides is 1. The molecule has 29 heavy (non-hydrogen) atoms. The fourth-order valence-electron chi connectivity index (χ4n) is 2.82. The molecule has 0 spiro atoms. The lowest BCUT2D eigenvalue weighted by Crippen LogP contribution is -2.27. The first kappa shape index (κ1) is 20.9. The van der Waals surface area contributed by atoms with Crippen molar-refractivity contribution in [3.05, 3.63) is 76.5 Å². The molecule has 0 bridgehead atoms. The Kier molecular flexibility index (Phi) is 6.56. The zero-order chi connectivity index (χ0) is 20.9. The van der Waals surface area contributed by atoms with Crippen molar-refractivity contribution in [1.29, 1.82) is 0 Å². The summed E-state index contributed by atoms with van der Waals surface area (Å²) in [4.78, 5) is 13.7. The van der Waals surface area contributed by atoms with Crippen LogP contribution in [0, 0.1) is 0 Å². The minimum absolute atomic E-state index is 0.0604. The zero-order valence-electron chi connectivity index (χ0n) is 16.1. The Bertz CT molecular complexity index is 1060. The Hall–Kier alpha value is -2.84. The smallest absolute Gasteiger partial charge is 0.262 e. The van der Waals surface area contributed by atoms with Crippen LogP contribution in [-0.2, 0) is 10.0 Å². The van der Waals surface area contributed by atoms with Gasteiger partial charge in [-0.2, -0.15) is 0 Å². The van der Waals surface area contributed by atoms with Crippen LogP contribution in [0.1, 0.15) is 34.6 Å². The fourth-order valence-corrected chi connectivity index (χ4v) is 4.76. The zero-order valence-corrected chi connectivity index (χ0v) is 17.7. The Morgan fingerprint density at radius 2 is 1.79 bits per heavy atom. The van der Waals surface area contributed by atoms with Gasteiger partial charge in [0.05, 0.1) is 23.7 Å². The maximum Gasteiger partial charge on any atom is 0.262 e. The second-order valence-electron chi connectivity index (χ2n) is 6.28. The van der Waals surface area contributed by atoms with Crippen LogP contribution < -0.4 is 14.8 Å². The third-order valence-corrected chi connectivity index (χ3v) is 6.75. The molecular formula is C21H22N2O4S2. The Morgan fingerprint density at radius 3 is 2.41 bits per heavy atom. The Labute approximate surface area is 174 Å². The van der Waals surface area contributed by atoms with Gasteiger partial charge < -0.3 is 10.1 Å². The van der Waals surface area contributed by atoms with Gasteiger partial charge in [-0.1, -0.05) is 25.1 Å². The van der Waals surface area contributed by atoms with Gasteiger partial charge in [-0.15, -0.1) is 11.3 Å². The van der Waals surface area contributed by atoms with Crippen molar-refractivity contribution < 1.29 is 17.9 Å². The molecule has 3 aromatic rings. The molecule has 0 aliphatic heterocycles.